The van der Waals surface area contributed by atoms with Crippen LogP contribution in [0.2, 0.25) is 5.02 Å². The van der Waals surface area contributed by atoms with Gasteiger partial charge < -0.3 is 15.3 Å². The van der Waals surface area contributed by atoms with Gasteiger partial charge in [0.25, 0.3) is 5.91 Å². The lowest BCUT2D eigenvalue weighted by molar-refractivity contribution is 0.0677. The van der Waals surface area contributed by atoms with Crippen molar-refractivity contribution in [3.8, 4) is 5.75 Å². The van der Waals surface area contributed by atoms with E-state index in [1.54, 1.807) is 6.07 Å². The summed E-state index contributed by atoms with van der Waals surface area (Å²) in [5.41, 5.74) is 0.516. The Hall–Kier alpha value is -1.26. The number of piperidine rings is 1. The summed E-state index contributed by atoms with van der Waals surface area (Å²) in [6.45, 7) is 5.76. The summed E-state index contributed by atoms with van der Waals surface area (Å²) in [6.07, 6.45) is 3.52. The zero-order chi connectivity index (χ0) is 15.4. The normalized spacial score (nSPS) is 18.8. The van der Waals surface area contributed by atoms with E-state index in [9.17, 15) is 9.90 Å². The molecule has 0 radical (unpaired) electrons. The first-order valence-electron chi connectivity index (χ1n) is 7.52. The summed E-state index contributed by atoms with van der Waals surface area (Å²) >= 11 is 5.90. The van der Waals surface area contributed by atoms with Crippen molar-refractivity contribution in [2.24, 2.45) is 0 Å². The number of hydrogen-bond donors (Lipinski definition) is 2. The summed E-state index contributed by atoms with van der Waals surface area (Å²) in [5, 5.41) is 13.1. The van der Waals surface area contributed by atoms with Gasteiger partial charge in [0.2, 0.25) is 0 Å². The number of aromatic hydroxyl groups is 1. The van der Waals surface area contributed by atoms with Gasteiger partial charge in [0.1, 0.15) is 5.75 Å². The lowest BCUT2D eigenvalue weighted by Gasteiger charge is -2.33. The van der Waals surface area contributed by atoms with Gasteiger partial charge in [-0.2, -0.15) is 0 Å². The highest BCUT2D eigenvalue weighted by atomic mass is 35.5. The molecule has 2 N–H and O–H groups in total. The molecule has 1 heterocycles. The second-order valence-electron chi connectivity index (χ2n) is 5.86. The number of phenols is 1. The molecule has 1 aromatic rings. The molecule has 1 fully saturated rings. The molecule has 1 amide bonds. The molecule has 0 bridgehead atoms. The number of phenolic OH excluding ortho intramolecular Hbond substituents is 1. The highest BCUT2D eigenvalue weighted by Crippen LogP contribution is 2.25. The topological polar surface area (TPSA) is 52.6 Å². The molecule has 4 nitrogen and oxygen atoms in total. The Morgan fingerprint density at radius 1 is 1.48 bits per heavy atom. The molecular formula is C16H23ClN2O2. The summed E-state index contributed by atoms with van der Waals surface area (Å²) in [5.74, 6) is -0.0439. The number of hydrogen-bond acceptors (Lipinski definition) is 3. The number of halogens is 1. The van der Waals surface area contributed by atoms with Crippen LogP contribution in [-0.2, 0) is 0 Å². The van der Waals surface area contributed by atoms with Crippen LogP contribution in [0.25, 0.3) is 0 Å². The van der Waals surface area contributed by atoms with Crippen LogP contribution in [0.3, 0.4) is 0 Å². The monoisotopic (exact) mass is 310 g/mol. The SMILES string of the molecule is CC(C)N(CC1CCCCN1)C(=O)c1ccc(O)c(Cl)c1. The number of nitrogens with zero attached hydrogens (tertiary/aromatic N) is 1. The standard InChI is InChI=1S/C16H23ClN2O2/c1-11(2)19(10-13-5-3-4-8-18-13)16(21)12-6-7-15(20)14(17)9-12/h6-7,9,11,13,18,20H,3-5,8,10H2,1-2H3. The van der Waals surface area contributed by atoms with Gasteiger partial charge in [-0.15, -0.1) is 0 Å². The number of benzene rings is 1. The van der Waals surface area contributed by atoms with Crippen molar-refractivity contribution in [1.29, 1.82) is 0 Å². The van der Waals surface area contributed by atoms with Gasteiger partial charge in [-0.25, -0.2) is 0 Å². The first-order valence-corrected chi connectivity index (χ1v) is 7.89. The highest BCUT2D eigenvalue weighted by Gasteiger charge is 2.24. The minimum absolute atomic E-state index is 0.00161. The fourth-order valence-corrected chi connectivity index (χ4v) is 2.83. The highest BCUT2D eigenvalue weighted by molar-refractivity contribution is 6.32. The molecule has 0 spiro atoms. The molecule has 1 unspecified atom stereocenters. The Bertz CT molecular complexity index is 499. The Morgan fingerprint density at radius 3 is 2.81 bits per heavy atom. The van der Waals surface area contributed by atoms with Crippen molar-refractivity contribution in [3.63, 3.8) is 0 Å². The maximum absolute atomic E-state index is 12.7. The lowest BCUT2D eigenvalue weighted by Crippen LogP contribution is -2.48. The molecule has 1 saturated heterocycles. The van der Waals surface area contributed by atoms with Gasteiger partial charge >= 0.3 is 0 Å². The van der Waals surface area contributed by atoms with Crippen LogP contribution < -0.4 is 5.32 Å². The zero-order valence-corrected chi connectivity index (χ0v) is 13.4. The third-order valence-corrected chi connectivity index (χ3v) is 4.21. The van der Waals surface area contributed by atoms with E-state index in [2.05, 4.69) is 5.32 Å². The van der Waals surface area contributed by atoms with E-state index in [1.165, 1.54) is 25.0 Å². The number of nitrogens with one attached hydrogen (secondary N) is 1. The zero-order valence-electron chi connectivity index (χ0n) is 12.6. The molecule has 2 rings (SSSR count). The fraction of sp³-hybridized carbons (Fsp3) is 0.562. The first-order chi connectivity index (χ1) is 9.99. The number of carbonyl (C=O) groups excluding carboxylic acids is 1. The maximum Gasteiger partial charge on any atom is 0.254 e. The third kappa shape index (κ3) is 4.11. The molecule has 0 aromatic heterocycles. The van der Waals surface area contributed by atoms with Crippen molar-refractivity contribution in [1.82, 2.24) is 10.2 Å². The largest absolute Gasteiger partial charge is 0.506 e. The average molecular weight is 311 g/mol. The molecule has 5 heteroatoms. The number of carbonyl (C=O) groups is 1. The van der Waals surface area contributed by atoms with Crippen LogP contribution in [0.15, 0.2) is 18.2 Å². The molecule has 116 valence electrons. The first kappa shape index (κ1) is 16.1. The molecule has 21 heavy (non-hydrogen) atoms. The molecule has 1 atom stereocenters. The summed E-state index contributed by atoms with van der Waals surface area (Å²) < 4.78 is 0. The van der Waals surface area contributed by atoms with E-state index in [-0.39, 0.29) is 22.7 Å². The number of amides is 1. The minimum atomic E-state index is -0.0423. The van der Waals surface area contributed by atoms with E-state index >= 15 is 0 Å². The Labute approximate surface area is 131 Å². The van der Waals surface area contributed by atoms with Gasteiger partial charge in [0.15, 0.2) is 0 Å². The lowest BCUT2D eigenvalue weighted by atomic mass is 10.0. The maximum atomic E-state index is 12.7. The van der Waals surface area contributed by atoms with Gasteiger partial charge in [-0.1, -0.05) is 18.0 Å². The van der Waals surface area contributed by atoms with Crippen molar-refractivity contribution in [2.45, 2.75) is 45.2 Å². The van der Waals surface area contributed by atoms with Crippen molar-refractivity contribution in [2.75, 3.05) is 13.1 Å². The quantitative estimate of drug-likeness (QED) is 0.898. The van der Waals surface area contributed by atoms with Crippen LogP contribution in [0.1, 0.15) is 43.5 Å². The van der Waals surface area contributed by atoms with Crippen molar-refractivity contribution < 1.29 is 9.90 Å². The Morgan fingerprint density at radius 2 is 2.24 bits per heavy atom. The fourth-order valence-electron chi connectivity index (χ4n) is 2.65. The van der Waals surface area contributed by atoms with Gasteiger partial charge in [-0.3, -0.25) is 4.79 Å². The van der Waals surface area contributed by atoms with Crippen LogP contribution in [0.4, 0.5) is 0 Å². The van der Waals surface area contributed by atoms with Crippen LogP contribution in [0, 0.1) is 0 Å². The average Bonchev–Trinajstić information content (AvgIpc) is 2.47. The van der Waals surface area contributed by atoms with E-state index in [0.717, 1.165) is 13.0 Å². The molecule has 0 aliphatic carbocycles. The third-order valence-electron chi connectivity index (χ3n) is 3.91. The molecular weight excluding hydrogens is 288 g/mol. The van der Waals surface area contributed by atoms with Crippen molar-refractivity contribution >= 4 is 17.5 Å². The van der Waals surface area contributed by atoms with Gasteiger partial charge in [-0.05, 0) is 51.4 Å². The van der Waals surface area contributed by atoms with Crippen LogP contribution in [0.5, 0.6) is 5.75 Å². The summed E-state index contributed by atoms with van der Waals surface area (Å²) in [7, 11) is 0. The smallest absolute Gasteiger partial charge is 0.254 e. The molecule has 1 aromatic carbocycles. The van der Waals surface area contributed by atoms with E-state index in [4.69, 9.17) is 11.6 Å². The van der Waals surface area contributed by atoms with E-state index < -0.39 is 0 Å². The van der Waals surface area contributed by atoms with Gasteiger partial charge in [0, 0.05) is 24.2 Å². The molecule has 1 aliphatic rings. The van der Waals surface area contributed by atoms with Crippen molar-refractivity contribution in [3.05, 3.63) is 28.8 Å². The van der Waals surface area contributed by atoms with Gasteiger partial charge in [0.05, 0.1) is 5.02 Å². The predicted molar refractivity (Wildman–Crippen MR) is 84.9 cm³/mol. The van der Waals surface area contributed by atoms with E-state index in [0.29, 0.717) is 18.2 Å². The Balaban J connectivity index is 2.12. The second-order valence-corrected chi connectivity index (χ2v) is 6.27. The van der Waals surface area contributed by atoms with E-state index in [1.807, 2.05) is 18.7 Å². The Kier molecular flexibility index (Phi) is 5.48. The molecule has 1 aliphatic heterocycles. The van der Waals surface area contributed by atoms with Crippen LogP contribution >= 0.6 is 11.6 Å². The minimum Gasteiger partial charge on any atom is -0.506 e. The van der Waals surface area contributed by atoms with Crippen LogP contribution in [-0.4, -0.2) is 41.1 Å². The number of rotatable bonds is 4. The predicted octanol–water partition coefficient (Wildman–Crippen LogP) is 3.04. The summed E-state index contributed by atoms with van der Waals surface area (Å²) in [4.78, 5) is 14.5. The second kappa shape index (κ2) is 7.14. The summed E-state index contributed by atoms with van der Waals surface area (Å²) in [6, 6.07) is 5.09. The molecule has 0 saturated carbocycles.